The minimum atomic E-state index is 1.32. The third-order valence-corrected chi connectivity index (χ3v) is 4.74. The molecule has 1 nitrogen and oxygen atoms in total. The van der Waals surface area contributed by atoms with Gasteiger partial charge in [0.25, 0.3) is 0 Å². The van der Waals surface area contributed by atoms with E-state index in [2.05, 4.69) is 11.9 Å². The Labute approximate surface area is 71.3 Å². The van der Waals surface area contributed by atoms with E-state index in [0.29, 0.717) is 0 Å². The van der Waals surface area contributed by atoms with Crippen molar-refractivity contribution in [3.8, 4) is 0 Å². The topological polar surface area (TPSA) is 3.24 Å². The van der Waals surface area contributed by atoms with Gasteiger partial charge in [-0.3, -0.25) is 0 Å². The summed E-state index contributed by atoms with van der Waals surface area (Å²) in [5.41, 5.74) is 0. The molecular weight excluding hydrogens is 442 g/mol. The summed E-state index contributed by atoms with van der Waals surface area (Å²) in [7, 11) is 2.18. The molecule has 1 fully saturated rings. The number of rotatable bonds is 0. The second-order valence-electron chi connectivity index (χ2n) is 1.85. The molecule has 0 bridgehead atoms. The van der Waals surface area contributed by atoms with Crippen LogP contribution in [0.3, 0.4) is 0 Å². The molecule has 0 aromatic carbocycles. The molecule has 0 spiro atoms. The average molecular weight is 449 g/mol. The van der Waals surface area contributed by atoms with E-state index in [1.165, 1.54) is 12.8 Å². The summed E-state index contributed by atoms with van der Waals surface area (Å²) in [6, 6.07) is 0. The standard InChI is InChI=1S/C5H7N.2W/c1-6-4-2-3-5-6;;/h2-3H2,1H3;;. The maximum absolute atomic E-state index is 2.35. The molecule has 0 radical (unpaired) electrons. The molecule has 44 valence electrons. The van der Waals surface area contributed by atoms with Crippen molar-refractivity contribution in [3.63, 3.8) is 0 Å². The van der Waals surface area contributed by atoms with Crippen molar-refractivity contribution < 1.29 is 38.7 Å². The van der Waals surface area contributed by atoms with Crippen molar-refractivity contribution in [3.05, 3.63) is 0 Å². The van der Waals surface area contributed by atoms with Gasteiger partial charge in [0.05, 0.1) is 0 Å². The van der Waals surface area contributed by atoms with Crippen LogP contribution < -0.4 is 0 Å². The zero-order chi connectivity index (χ0) is 6.15. The Bertz CT molecular complexity index is 125. The summed E-state index contributed by atoms with van der Waals surface area (Å²) in [6.45, 7) is 0. The SMILES string of the molecule is CN1[C](=[W])CC[C]1=[W]. The van der Waals surface area contributed by atoms with Crippen molar-refractivity contribution in [2.24, 2.45) is 0 Å². The molecule has 1 heterocycles. The van der Waals surface area contributed by atoms with Crippen LogP contribution in [0.25, 0.3) is 0 Å². The van der Waals surface area contributed by atoms with Gasteiger partial charge in [0.1, 0.15) is 0 Å². The molecule has 0 aromatic rings. The summed E-state index contributed by atoms with van der Waals surface area (Å²) in [5, 5.41) is 0. The Morgan fingerprint density at radius 1 is 1.25 bits per heavy atom. The zero-order valence-electron chi connectivity index (χ0n) is 4.68. The maximum atomic E-state index is 2.35. The van der Waals surface area contributed by atoms with Crippen LogP contribution in [0.1, 0.15) is 12.8 Å². The van der Waals surface area contributed by atoms with Gasteiger partial charge in [-0.05, 0) is 0 Å². The van der Waals surface area contributed by atoms with E-state index in [9.17, 15) is 0 Å². The molecule has 0 aliphatic carbocycles. The van der Waals surface area contributed by atoms with Crippen LogP contribution in [0, 0.1) is 0 Å². The van der Waals surface area contributed by atoms with Crippen LogP contribution in [0.15, 0.2) is 0 Å². The predicted octanol–water partition coefficient (Wildman–Crippen LogP) is 0.0654. The Balaban J connectivity index is 2.70. The fourth-order valence-electron chi connectivity index (χ4n) is 0.688. The van der Waals surface area contributed by atoms with E-state index < -0.39 is 0 Å². The average Bonchev–Trinajstić information content (AvgIpc) is 1.98. The van der Waals surface area contributed by atoms with Crippen LogP contribution in [0.4, 0.5) is 0 Å². The first-order valence-electron chi connectivity index (χ1n) is 2.51. The molecular formula is C5H7NW2. The van der Waals surface area contributed by atoms with Gasteiger partial charge in [0.2, 0.25) is 0 Å². The number of nitrogens with zero attached hydrogens (tertiary/aromatic N) is 1. The molecule has 1 saturated heterocycles. The van der Waals surface area contributed by atoms with Crippen LogP contribution in [0.2, 0.25) is 0 Å². The van der Waals surface area contributed by atoms with Crippen LogP contribution in [0.5, 0.6) is 0 Å². The number of hydrogen-bond acceptors (Lipinski definition) is 1. The van der Waals surface area contributed by atoms with E-state index in [-0.39, 0.29) is 0 Å². The van der Waals surface area contributed by atoms with Gasteiger partial charge in [0.15, 0.2) is 0 Å². The van der Waals surface area contributed by atoms with Gasteiger partial charge in [0, 0.05) is 0 Å². The Hall–Kier alpha value is 1.08. The molecule has 0 unspecified atom stereocenters. The van der Waals surface area contributed by atoms with Gasteiger partial charge < -0.3 is 0 Å². The Morgan fingerprint density at radius 3 is 1.75 bits per heavy atom. The molecule has 3 heteroatoms. The van der Waals surface area contributed by atoms with E-state index in [0.717, 1.165) is 0 Å². The van der Waals surface area contributed by atoms with Crippen LogP contribution in [-0.4, -0.2) is 20.0 Å². The molecule has 0 saturated carbocycles. The van der Waals surface area contributed by atoms with Crippen LogP contribution >= 0.6 is 0 Å². The second-order valence-corrected chi connectivity index (χ2v) is 5.23. The van der Waals surface area contributed by atoms with E-state index in [4.69, 9.17) is 0 Å². The first-order valence-corrected chi connectivity index (χ1v) is 5.44. The van der Waals surface area contributed by atoms with Gasteiger partial charge >= 0.3 is 71.5 Å². The molecule has 0 atom stereocenters. The Morgan fingerprint density at radius 2 is 1.62 bits per heavy atom. The normalized spacial score (nSPS) is 22.6. The van der Waals surface area contributed by atoms with Crippen molar-refractivity contribution in [1.29, 1.82) is 0 Å². The summed E-state index contributed by atoms with van der Waals surface area (Å²) in [5.74, 6) is 0. The monoisotopic (exact) mass is 449 g/mol. The fourth-order valence-corrected chi connectivity index (χ4v) is 3.12. The summed E-state index contributed by atoms with van der Waals surface area (Å²) >= 11 is 3.28. The Kier molecular flexibility index (Phi) is 2.49. The summed E-state index contributed by atoms with van der Waals surface area (Å²) in [4.78, 5) is 2.35. The second kappa shape index (κ2) is 2.77. The summed E-state index contributed by atoms with van der Waals surface area (Å²) < 4.78 is 3.21. The van der Waals surface area contributed by atoms with Crippen molar-refractivity contribution in [2.75, 3.05) is 7.05 Å². The molecule has 0 aromatic heterocycles. The van der Waals surface area contributed by atoms with E-state index >= 15 is 0 Å². The molecule has 0 N–H and O–H groups in total. The third kappa shape index (κ3) is 1.32. The third-order valence-electron chi connectivity index (χ3n) is 1.30. The van der Waals surface area contributed by atoms with Crippen molar-refractivity contribution >= 4 is 8.04 Å². The molecule has 8 heavy (non-hydrogen) atoms. The van der Waals surface area contributed by atoms with E-state index in [1.807, 2.05) is 0 Å². The number of likely N-dealkylation sites (tertiary alicyclic amines) is 1. The molecule has 1 rings (SSSR count). The molecule has 0 amide bonds. The predicted molar refractivity (Wildman–Crippen MR) is 27.0 cm³/mol. The summed E-state index contributed by atoms with van der Waals surface area (Å²) in [6.07, 6.45) is 2.65. The zero-order valence-corrected chi connectivity index (χ0v) is 10.5. The quantitative estimate of drug-likeness (QED) is 0.507. The fraction of sp³-hybridized carbons (Fsp3) is 0.600. The van der Waals surface area contributed by atoms with Gasteiger partial charge in [-0.25, -0.2) is 0 Å². The first-order chi connectivity index (χ1) is 3.72. The van der Waals surface area contributed by atoms with Gasteiger partial charge in [-0.2, -0.15) is 0 Å². The van der Waals surface area contributed by atoms with Gasteiger partial charge in [-0.15, -0.1) is 0 Å². The van der Waals surface area contributed by atoms with Gasteiger partial charge in [-0.1, -0.05) is 0 Å². The van der Waals surface area contributed by atoms with Crippen molar-refractivity contribution in [2.45, 2.75) is 12.8 Å². The molecule has 1 aliphatic heterocycles. The van der Waals surface area contributed by atoms with E-state index in [1.54, 1.807) is 46.8 Å². The molecule has 1 aliphatic rings. The van der Waals surface area contributed by atoms with Crippen molar-refractivity contribution in [1.82, 2.24) is 4.90 Å². The first kappa shape index (κ1) is 7.19. The minimum absolute atomic E-state index is 1.32. The van der Waals surface area contributed by atoms with Crippen LogP contribution in [-0.2, 0) is 38.7 Å². The number of hydrogen-bond donors (Lipinski definition) is 0.